The number of amides is 1. The lowest BCUT2D eigenvalue weighted by molar-refractivity contribution is -0.405. The molecule has 0 atom stereocenters. The summed E-state index contributed by atoms with van der Waals surface area (Å²) in [5, 5.41) is -0.436. The summed E-state index contributed by atoms with van der Waals surface area (Å²) in [6.07, 6.45) is -21.1. The summed E-state index contributed by atoms with van der Waals surface area (Å²) in [5.74, 6) is -3.43. The van der Waals surface area contributed by atoms with Gasteiger partial charge in [-0.15, -0.1) is 0 Å². The molecule has 0 bridgehead atoms. The maximum Gasteiger partial charge on any atom is 0.421 e. The van der Waals surface area contributed by atoms with Crippen LogP contribution >= 0.6 is 23.2 Å². The van der Waals surface area contributed by atoms with E-state index in [1.165, 1.54) is 0 Å². The van der Waals surface area contributed by atoms with Crippen molar-refractivity contribution in [1.29, 1.82) is 0 Å². The fraction of sp³-hybridized carbons (Fsp3) is 0.364. The van der Waals surface area contributed by atoms with Crippen molar-refractivity contribution in [2.24, 2.45) is 5.41 Å². The number of carbonyl (C=O) groups is 1. The molecule has 0 aliphatic rings. The summed E-state index contributed by atoms with van der Waals surface area (Å²) in [6.45, 7) is 0. The van der Waals surface area contributed by atoms with E-state index in [0.29, 0.717) is 0 Å². The van der Waals surface area contributed by atoms with Gasteiger partial charge in [0.15, 0.2) is 0 Å². The van der Waals surface area contributed by atoms with Gasteiger partial charge in [-0.25, -0.2) is 0 Å². The third-order valence-electron chi connectivity index (χ3n) is 2.82. The molecule has 1 N–H and O–H groups in total. The van der Waals surface area contributed by atoms with Crippen molar-refractivity contribution in [1.82, 2.24) is 0 Å². The summed E-state index contributed by atoms with van der Waals surface area (Å²) < 4.78 is 115. The van der Waals surface area contributed by atoms with Crippen LogP contribution in [-0.4, -0.2) is 24.4 Å². The van der Waals surface area contributed by atoms with Gasteiger partial charge in [0.1, 0.15) is 0 Å². The highest BCUT2D eigenvalue weighted by Gasteiger charge is 2.88. The lowest BCUT2D eigenvalue weighted by Crippen LogP contribution is -2.65. The average Bonchev–Trinajstić information content (AvgIpc) is 2.28. The van der Waals surface area contributed by atoms with Crippen LogP contribution in [0.1, 0.15) is 0 Å². The zero-order valence-electron chi connectivity index (χ0n) is 10.8. The molecule has 13 heteroatoms. The molecule has 0 spiro atoms. The van der Waals surface area contributed by atoms with Crippen LogP contribution < -0.4 is 5.32 Å². The van der Waals surface area contributed by atoms with Crippen LogP contribution in [0.4, 0.5) is 45.2 Å². The molecule has 0 fully saturated rings. The third kappa shape index (κ3) is 3.23. The van der Waals surface area contributed by atoms with E-state index in [1.807, 2.05) is 0 Å². The molecule has 0 unspecified atom stereocenters. The zero-order chi connectivity index (χ0) is 19.1. The molecule has 2 nitrogen and oxygen atoms in total. The van der Waals surface area contributed by atoms with E-state index in [4.69, 9.17) is 23.2 Å². The van der Waals surface area contributed by atoms with Gasteiger partial charge in [0.25, 0.3) is 5.91 Å². The summed E-state index contributed by atoms with van der Waals surface area (Å²) in [4.78, 5) is 11.5. The molecule has 1 aromatic rings. The van der Waals surface area contributed by atoms with Crippen LogP contribution in [0.5, 0.6) is 0 Å². The number of alkyl halides is 9. The Morgan fingerprint density at radius 3 is 1.42 bits per heavy atom. The monoisotopic (exact) mass is 407 g/mol. The molecule has 0 heterocycles. The maximum atomic E-state index is 12.8. The van der Waals surface area contributed by atoms with Crippen molar-refractivity contribution in [3.05, 3.63) is 28.2 Å². The standard InChI is InChI=1S/C11H4Cl2F9NO/c12-4-2-1-3-5(13)6(4)23-7(24)8(9(14,15)16,10(17,18)19)11(20,21)22/h1-3H,(H,23,24). The average molecular weight is 408 g/mol. The van der Waals surface area contributed by atoms with Gasteiger partial charge in [-0.1, -0.05) is 29.3 Å². The summed E-state index contributed by atoms with van der Waals surface area (Å²) in [7, 11) is 0. The third-order valence-corrected chi connectivity index (χ3v) is 3.45. The molecule has 0 saturated heterocycles. The van der Waals surface area contributed by atoms with Crippen LogP contribution in [-0.2, 0) is 4.79 Å². The number of anilines is 1. The quantitative estimate of drug-likeness (QED) is 0.634. The number of para-hydroxylation sites is 1. The molecule has 0 saturated carbocycles. The Kier molecular flexibility index (Phi) is 5.32. The number of hydrogen-bond acceptors (Lipinski definition) is 1. The van der Waals surface area contributed by atoms with Crippen LogP contribution in [0.3, 0.4) is 0 Å². The molecule has 24 heavy (non-hydrogen) atoms. The van der Waals surface area contributed by atoms with Gasteiger partial charge in [0, 0.05) is 0 Å². The molecule has 0 aliphatic carbocycles. The van der Waals surface area contributed by atoms with Crippen molar-refractivity contribution in [3.63, 3.8) is 0 Å². The predicted molar refractivity (Wildman–Crippen MR) is 65.7 cm³/mol. The minimum Gasteiger partial charge on any atom is -0.322 e. The Labute approximate surface area is 137 Å². The number of rotatable bonds is 2. The fourth-order valence-corrected chi connectivity index (χ4v) is 2.18. The van der Waals surface area contributed by atoms with Gasteiger partial charge in [0.05, 0.1) is 15.7 Å². The highest BCUT2D eigenvalue weighted by molar-refractivity contribution is 6.39. The van der Waals surface area contributed by atoms with E-state index in [0.717, 1.165) is 23.5 Å². The van der Waals surface area contributed by atoms with Crippen LogP contribution in [0, 0.1) is 5.41 Å². The lowest BCUT2D eigenvalue weighted by Gasteiger charge is -2.37. The molecular formula is C11H4Cl2F9NO. The first-order valence-corrected chi connectivity index (χ1v) is 6.28. The van der Waals surface area contributed by atoms with Crippen molar-refractivity contribution in [2.45, 2.75) is 18.5 Å². The Bertz CT molecular complexity index is 580. The topological polar surface area (TPSA) is 29.1 Å². The minimum absolute atomic E-state index is 0.656. The summed E-state index contributed by atoms with van der Waals surface area (Å²) in [5.41, 5.74) is -7.68. The molecule has 0 aliphatic heterocycles. The second-order valence-electron chi connectivity index (χ2n) is 4.29. The molecule has 136 valence electrons. The second-order valence-corrected chi connectivity index (χ2v) is 5.11. The first-order chi connectivity index (χ1) is 10.6. The van der Waals surface area contributed by atoms with E-state index >= 15 is 0 Å². The van der Waals surface area contributed by atoms with E-state index < -0.39 is 45.6 Å². The second kappa shape index (κ2) is 6.17. The molecular weight excluding hydrogens is 404 g/mol. The van der Waals surface area contributed by atoms with Crippen molar-refractivity contribution in [2.75, 3.05) is 5.32 Å². The van der Waals surface area contributed by atoms with E-state index in [9.17, 15) is 44.3 Å². The number of hydrogen-bond donors (Lipinski definition) is 1. The first-order valence-electron chi connectivity index (χ1n) is 5.53. The summed E-state index contributed by atoms with van der Waals surface area (Å²) in [6, 6.07) is 2.88. The number of benzene rings is 1. The zero-order valence-corrected chi connectivity index (χ0v) is 12.3. The SMILES string of the molecule is O=C(Nc1c(Cl)cccc1Cl)C(C(F)(F)F)(C(F)(F)F)C(F)(F)F. The van der Waals surface area contributed by atoms with E-state index in [-0.39, 0.29) is 0 Å². The van der Waals surface area contributed by atoms with Crippen molar-refractivity contribution < 1.29 is 44.3 Å². The van der Waals surface area contributed by atoms with Gasteiger partial charge >= 0.3 is 23.9 Å². The van der Waals surface area contributed by atoms with Crippen LogP contribution in [0.15, 0.2) is 18.2 Å². The normalized spacial score (nSPS) is 13.8. The highest BCUT2D eigenvalue weighted by atomic mass is 35.5. The first kappa shape index (κ1) is 20.7. The molecule has 1 rings (SSSR count). The molecule has 0 radical (unpaired) electrons. The van der Waals surface area contributed by atoms with Crippen LogP contribution in [0.25, 0.3) is 0 Å². The summed E-state index contributed by atoms with van der Waals surface area (Å²) >= 11 is 10.8. The maximum absolute atomic E-state index is 12.8. The van der Waals surface area contributed by atoms with Gasteiger partial charge in [-0.05, 0) is 12.1 Å². The Balaban J connectivity index is 3.60. The van der Waals surface area contributed by atoms with E-state index in [1.54, 1.807) is 0 Å². The number of halogens is 11. The smallest absolute Gasteiger partial charge is 0.322 e. The fourth-order valence-electron chi connectivity index (χ4n) is 1.69. The van der Waals surface area contributed by atoms with Gasteiger partial charge in [0.2, 0.25) is 0 Å². The van der Waals surface area contributed by atoms with E-state index in [2.05, 4.69) is 0 Å². The van der Waals surface area contributed by atoms with Crippen molar-refractivity contribution in [3.8, 4) is 0 Å². The van der Waals surface area contributed by atoms with Crippen LogP contribution in [0.2, 0.25) is 10.0 Å². The number of nitrogens with one attached hydrogen (secondary N) is 1. The minimum atomic E-state index is -7.03. The predicted octanol–water partition coefficient (Wildman–Crippen LogP) is 5.61. The van der Waals surface area contributed by atoms with Gasteiger partial charge in [-0.2, -0.15) is 39.5 Å². The molecule has 1 amide bonds. The Hall–Kier alpha value is -1.36. The van der Waals surface area contributed by atoms with Gasteiger partial charge < -0.3 is 5.32 Å². The Morgan fingerprint density at radius 2 is 1.12 bits per heavy atom. The van der Waals surface area contributed by atoms with Gasteiger partial charge in [-0.3, -0.25) is 4.79 Å². The lowest BCUT2D eigenvalue weighted by atomic mass is 9.84. The number of carbonyl (C=O) groups excluding carboxylic acids is 1. The highest BCUT2D eigenvalue weighted by Crippen LogP contribution is 2.60. The Morgan fingerprint density at radius 1 is 0.792 bits per heavy atom. The molecule has 0 aromatic heterocycles. The van der Waals surface area contributed by atoms with Crippen molar-refractivity contribution >= 4 is 34.8 Å². The molecule has 1 aromatic carbocycles. The largest absolute Gasteiger partial charge is 0.421 e.